The molecule has 0 saturated heterocycles. The Labute approximate surface area is 481 Å². The molecule has 3 aromatic heterocycles. The van der Waals surface area contributed by atoms with Gasteiger partial charge < -0.3 is 18.3 Å². The Bertz CT molecular complexity index is 5370. The van der Waals surface area contributed by atoms with E-state index in [1.807, 2.05) is 0 Å². The van der Waals surface area contributed by atoms with Crippen molar-refractivity contribution in [3.8, 4) is 50.2 Å². The molecule has 3 aliphatic rings. The Morgan fingerprint density at radius 3 is 1.61 bits per heavy atom. The fourth-order valence-corrected chi connectivity index (χ4v) is 15.9. The summed E-state index contributed by atoms with van der Waals surface area (Å²) < 4.78 is 16.6. The van der Waals surface area contributed by atoms with Gasteiger partial charge in [-0.1, -0.05) is 193 Å². The van der Waals surface area contributed by atoms with Crippen molar-refractivity contribution in [1.82, 2.24) is 4.57 Å². The highest BCUT2D eigenvalue weighted by Crippen LogP contribution is 2.64. The molecule has 0 N–H and O–H groups in total. The molecule has 0 saturated carbocycles. The van der Waals surface area contributed by atoms with Crippen LogP contribution in [0.2, 0.25) is 0 Å². The van der Waals surface area contributed by atoms with Crippen LogP contribution in [0.4, 0.5) is 17.1 Å². The zero-order valence-electron chi connectivity index (χ0n) is 47.2. The first kappa shape index (κ1) is 46.8. The Hall–Kier alpha value is -9.90. The Morgan fingerprint density at radius 2 is 0.855 bits per heavy atom. The number of furan rings is 2. The van der Waals surface area contributed by atoms with Gasteiger partial charge in [0.25, 0.3) is 0 Å². The molecule has 0 spiro atoms. The van der Waals surface area contributed by atoms with Crippen LogP contribution < -0.4 is 4.90 Å². The number of hydrogen-bond donors (Lipinski definition) is 0. The van der Waals surface area contributed by atoms with Gasteiger partial charge in [0.15, 0.2) is 0 Å². The summed E-state index contributed by atoms with van der Waals surface area (Å²) in [7, 11) is 0. The smallest absolute Gasteiger partial charge is 0.144 e. The minimum Gasteiger partial charge on any atom is -0.455 e. The molecule has 4 heteroatoms. The van der Waals surface area contributed by atoms with Crippen LogP contribution >= 0.6 is 0 Å². The van der Waals surface area contributed by atoms with Crippen LogP contribution in [0.5, 0.6) is 0 Å². The summed E-state index contributed by atoms with van der Waals surface area (Å²) in [5, 5.41) is 9.53. The Balaban J connectivity index is 0.853. The number of rotatable bonds is 5. The fourth-order valence-electron chi connectivity index (χ4n) is 15.9. The fraction of sp³-hybridized carbons (Fsp3) is 0.114. The maximum atomic E-state index is 7.16. The van der Waals surface area contributed by atoms with Crippen molar-refractivity contribution in [1.29, 1.82) is 0 Å². The van der Waals surface area contributed by atoms with Gasteiger partial charge in [0, 0.05) is 82.4 Å². The lowest BCUT2D eigenvalue weighted by Crippen LogP contribution is -2.24. The third-order valence-electron chi connectivity index (χ3n) is 19.7. The predicted octanol–water partition coefficient (Wildman–Crippen LogP) is 21.8. The topological polar surface area (TPSA) is 34.5 Å². The number of para-hydroxylation sites is 4. The summed E-state index contributed by atoms with van der Waals surface area (Å²) in [6, 6.07) is 85.4. The van der Waals surface area contributed by atoms with E-state index in [4.69, 9.17) is 8.83 Å². The van der Waals surface area contributed by atoms with Crippen molar-refractivity contribution in [2.45, 2.75) is 57.8 Å². The van der Waals surface area contributed by atoms with E-state index in [9.17, 15) is 0 Å². The molecule has 3 heterocycles. The van der Waals surface area contributed by atoms with Crippen molar-refractivity contribution in [2.75, 3.05) is 4.90 Å². The zero-order chi connectivity index (χ0) is 55.4. The van der Waals surface area contributed by atoms with Crippen LogP contribution in [0.15, 0.2) is 239 Å². The molecular weight excluding hydrogens is 1010 g/mol. The van der Waals surface area contributed by atoms with E-state index < -0.39 is 5.41 Å². The highest BCUT2D eigenvalue weighted by molar-refractivity contribution is 6.24. The molecule has 394 valence electrons. The van der Waals surface area contributed by atoms with E-state index in [-0.39, 0.29) is 10.8 Å². The molecule has 0 aliphatic heterocycles. The van der Waals surface area contributed by atoms with Gasteiger partial charge in [-0.25, -0.2) is 0 Å². The van der Waals surface area contributed by atoms with Crippen LogP contribution in [0.25, 0.3) is 127 Å². The molecule has 3 aliphatic carbocycles. The predicted molar refractivity (Wildman–Crippen MR) is 346 cm³/mol. The van der Waals surface area contributed by atoms with Crippen molar-refractivity contribution >= 4 is 93.5 Å². The molecule has 12 aromatic carbocycles. The summed E-state index contributed by atoms with van der Waals surface area (Å²) in [6.07, 6.45) is 0. The van der Waals surface area contributed by atoms with E-state index in [2.05, 4.69) is 282 Å². The van der Waals surface area contributed by atoms with Gasteiger partial charge in [0.2, 0.25) is 0 Å². The van der Waals surface area contributed by atoms with Gasteiger partial charge in [-0.2, -0.15) is 0 Å². The standard InChI is InChI=1S/C79H56N2O2/c1-77(2)60-42-49(37-39-53(60)68-62(77)44-58(75-70(68)56-27-14-18-33-65(56)82-75)51-29-20-32-64-67(51)55-26-13-17-31-63(55)81(64)47-23-8-7-9-24-47)80(48-36-35-45-21-10-11-22-46(45)41-48)50-38-40-54-61(43-50)79(5,6)73-69(54)71-57-28-15-19-34-66(57)83-76(71)72-52-25-12-16-30-59(52)78(3,4)74(72)73/h7-44H,1-6H3. The molecule has 4 nitrogen and oxygen atoms in total. The van der Waals surface area contributed by atoms with Crippen molar-refractivity contribution in [3.63, 3.8) is 0 Å². The third kappa shape index (κ3) is 6.04. The van der Waals surface area contributed by atoms with Gasteiger partial charge in [-0.3, -0.25) is 0 Å². The number of anilines is 3. The van der Waals surface area contributed by atoms with Gasteiger partial charge in [0.1, 0.15) is 22.3 Å². The first-order valence-corrected chi connectivity index (χ1v) is 29.2. The monoisotopic (exact) mass is 1060 g/mol. The molecule has 15 aromatic rings. The molecule has 83 heavy (non-hydrogen) atoms. The molecule has 0 amide bonds. The van der Waals surface area contributed by atoms with E-state index in [0.717, 1.165) is 67.0 Å². The van der Waals surface area contributed by atoms with E-state index in [1.54, 1.807) is 0 Å². The highest BCUT2D eigenvalue weighted by Gasteiger charge is 2.49. The molecular formula is C79H56N2O2. The van der Waals surface area contributed by atoms with Crippen molar-refractivity contribution in [3.05, 3.63) is 264 Å². The molecule has 18 rings (SSSR count). The first-order chi connectivity index (χ1) is 40.5. The van der Waals surface area contributed by atoms with E-state index >= 15 is 0 Å². The number of hydrogen-bond acceptors (Lipinski definition) is 3. The zero-order valence-corrected chi connectivity index (χ0v) is 47.2. The number of aromatic nitrogens is 1. The number of fused-ring (bicyclic) bond motifs is 23. The summed E-state index contributed by atoms with van der Waals surface area (Å²) in [4.78, 5) is 2.51. The average Bonchev–Trinajstić information content (AvgIpc) is 1.89. The van der Waals surface area contributed by atoms with Crippen LogP contribution in [0, 0.1) is 0 Å². The van der Waals surface area contributed by atoms with Crippen LogP contribution in [0.3, 0.4) is 0 Å². The SMILES string of the molecule is CC1(C)c2cc(N(c3ccc4c(c3)C(C)(C)c3c5c(c6oc7ccccc7c6c3-4)-c3ccccc3C5(C)C)c3ccc4ccccc4c3)ccc2-c2c1cc(-c1cccc3c1c1ccccc1n3-c1ccccc1)c1oc3ccccc3c21. The lowest BCUT2D eigenvalue weighted by Gasteiger charge is -2.32. The van der Waals surface area contributed by atoms with Gasteiger partial charge >= 0.3 is 0 Å². The lowest BCUT2D eigenvalue weighted by atomic mass is 9.72. The minimum atomic E-state index is -0.395. The largest absolute Gasteiger partial charge is 0.455 e. The third-order valence-corrected chi connectivity index (χ3v) is 19.7. The van der Waals surface area contributed by atoms with Crippen LogP contribution in [0.1, 0.15) is 74.9 Å². The second kappa shape index (κ2) is 16.2. The van der Waals surface area contributed by atoms with Gasteiger partial charge in [-0.05, 0) is 156 Å². The Morgan fingerprint density at radius 1 is 0.325 bits per heavy atom. The van der Waals surface area contributed by atoms with Crippen LogP contribution in [-0.2, 0) is 16.2 Å². The lowest BCUT2D eigenvalue weighted by molar-refractivity contribution is 0.600. The number of nitrogens with zero attached hydrogens (tertiary/aromatic N) is 2. The molecule has 0 unspecified atom stereocenters. The second-order valence-electron chi connectivity index (χ2n) is 25.1. The van der Waals surface area contributed by atoms with Gasteiger partial charge in [0.05, 0.1) is 11.0 Å². The quantitative estimate of drug-likeness (QED) is 0.172. The van der Waals surface area contributed by atoms with Crippen molar-refractivity contribution in [2.24, 2.45) is 0 Å². The second-order valence-corrected chi connectivity index (χ2v) is 25.1. The summed E-state index contributed by atoms with van der Waals surface area (Å²) in [6.45, 7) is 14.6. The van der Waals surface area contributed by atoms with Crippen molar-refractivity contribution < 1.29 is 8.83 Å². The van der Waals surface area contributed by atoms with Gasteiger partial charge in [-0.15, -0.1) is 0 Å². The minimum absolute atomic E-state index is 0.248. The van der Waals surface area contributed by atoms with Crippen LogP contribution in [-0.4, -0.2) is 4.57 Å². The molecule has 0 bridgehead atoms. The Kier molecular flexibility index (Phi) is 9.12. The number of benzene rings is 12. The normalized spacial score (nSPS) is 14.9. The molecule has 0 fully saturated rings. The first-order valence-electron chi connectivity index (χ1n) is 29.2. The molecule has 0 atom stereocenters. The van der Waals surface area contributed by atoms with E-state index in [0.29, 0.717) is 0 Å². The highest BCUT2D eigenvalue weighted by atomic mass is 16.3. The molecule has 0 radical (unpaired) electrons. The maximum absolute atomic E-state index is 7.16. The summed E-state index contributed by atoms with van der Waals surface area (Å²) >= 11 is 0. The maximum Gasteiger partial charge on any atom is 0.144 e. The van der Waals surface area contributed by atoms with E-state index in [1.165, 1.54) is 110 Å². The summed E-state index contributed by atoms with van der Waals surface area (Å²) in [5.41, 5.74) is 27.5. The summed E-state index contributed by atoms with van der Waals surface area (Å²) in [5.74, 6) is 0. The average molecular weight is 1070 g/mol.